The molecule has 41 heavy (non-hydrogen) atoms. The zero-order valence-electron chi connectivity index (χ0n) is 21.2. The van der Waals surface area contributed by atoms with E-state index < -0.39 is 47.6 Å². The number of carbonyl (C=O) groups is 2. The van der Waals surface area contributed by atoms with E-state index in [2.05, 4.69) is 5.32 Å². The van der Waals surface area contributed by atoms with Crippen molar-refractivity contribution >= 4 is 29.0 Å². The second-order valence-corrected chi connectivity index (χ2v) is 10.6. The second kappa shape index (κ2) is 11.1. The molecule has 3 amide bonds. The maximum Gasteiger partial charge on any atom is 0.416 e. The molecule has 1 N–H and O–H groups in total. The Labute approximate surface area is 234 Å². The lowest BCUT2D eigenvalue weighted by Crippen LogP contribution is -2.45. The smallest absolute Gasteiger partial charge is 0.416 e. The monoisotopic (exact) mass is 599 g/mol. The molecule has 1 aromatic heterocycles. The summed E-state index contributed by atoms with van der Waals surface area (Å²) >= 11 is 1.44. The Morgan fingerprint density at radius 1 is 0.902 bits per heavy atom. The highest BCUT2D eigenvalue weighted by molar-refractivity contribution is 7.09. The van der Waals surface area contributed by atoms with Gasteiger partial charge in [0, 0.05) is 23.2 Å². The van der Waals surface area contributed by atoms with E-state index in [1.807, 2.05) is 17.5 Å². The molecule has 2 aromatic carbocycles. The number of rotatable bonds is 8. The minimum atomic E-state index is -5.07. The van der Waals surface area contributed by atoms with Crippen molar-refractivity contribution in [2.75, 3.05) is 18.7 Å². The van der Waals surface area contributed by atoms with Crippen LogP contribution >= 0.6 is 11.3 Å². The normalized spacial score (nSPS) is 14.6. The van der Waals surface area contributed by atoms with E-state index in [1.165, 1.54) is 16.2 Å². The first-order chi connectivity index (χ1) is 19.4. The molecule has 2 heterocycles. The zero-order chi connectivity index (χ0) is 29.4. The number of urea groups is 1. The fourth-order valence-electron chi connectivity index (χ4n) is 4.30. The minimum absolute atomic E-state index is 0.0174. The Balaban J connectivity index is 1.35. The van der Waals surface area contributed by atoms with Crippen LogP contribution in [0.3, 0.4) is 0 Å². The number of carbonyl (C=O) groups excluding carboxylic acids is 2. The number of alkyl halides is 6. The summed E-state index contributed by atoms with van der Waals surface area (Å²) in [4.78, 5) is 30.2. The van der Waals surface area contributed by atoms with Crippen LogP contribution in [0, 0.1) is 0 Å². The highest BCUT2D eigenvalue weighted by Crippen LogP contribution is 2.38. The van der Waals surface area contributed by atoms with Crippen LogP contribution in [0.15, 0.2) is 53.9 Å². The predicted molar refractivity (Wildman–Crippen MR) is 136 cm³/mol. The average molecular weight is 600 g/mol. The van der Waals surface area contributed by atoms with Gasteiger partial charge in [-0.05, 0) is 60.2 Å². The van der Waals surface area contributed by atoms with Crippen LogP contribution in [0.1, 0.15) is 34.4 Å². The van der Waals surface area contributed by atoms with E-state index in [9.17, 15) is 35.9 Å². The Morgan fingerprint density at radius 3 is 2.20 bits per heavy atom. The molecule has 3 aromatic rings. The quantitative estimate of drug-likeness (QED) is 0.291. The van der Waals surface area contributed by atoms with Gasteiger partial charge in [0.15, 0.2) is 11.5 Å². The number of thiophene rings is 1. The Morgan fingerprint density at radius 2 is 1.59 bits per heavy atom. The summed E-state index contributed by atoms with van der Waals surface area (Å²) in [7, 11) is 0. The maximum atomic E-state index is 13.5. The molecule has 14 heteroatoms. The Hall–Kier alpha value is -3.94. The number of hydrogen-bond acceptors (Lipinski definition) is 5. The van der Waals surface area contributed by atoms with E-state index in [-0.39, 0.29) is 32.0 Å². The molecular formula is C27H23F6N3O4S. The van der Waals surface area contributed by atoms with Crippen molar-refractivity contribution < 1.29 is 45.4 Å². The molecule has 2 aliphatic rings. The molecule has 0 atom stereocenters. The predicted octanol–water partition coefficient (Wildman–Crippen LogP) is 6.74. The van der Waals surface area contributed by atoms with Crippen molar-refractivity contribution in [2.24, 2.45) is 0 Å². The molecule has 218 valence electrons. The second-order valence-electron chi connectivity index (χ2n) is 9.60. The largest absolute Gasteiger partial charge is 0.454 e. The van der Waals surface area contributed by atoms with Crippen molar-refractivity contribution in [3.05, 3.63) is 75.5 Å². The fraction of sp³-hybridized carbons (Fsp3) is 0.333. The van der Waals surface area contributed by atoms with Gasteiger partial charge in [-0.25, -0.2) is 4.79 Å². The Bertz CT molecular complexity index is 1390. The van der Waals surface area contributed by atoms with Gasteiger partial charge < -0.3 is 24.6 Å². The number of nitrogens with zero attached hydrogens (tertiary/aromatic N) is 2. The molecule has 7 nitrogen and oxygen atoms in total. The summed E-state index contributed by atoms with van der Waals surface area (Å²) < 4.78 is 90.4. The summed E-state index contributed by atoms with van der Waals surface area (Å²) in [5.41, 5.74) is -3.04. The summed E-state index contributed by atoms with van der Waals surface area (Å²) in [6.45, 7) is 0.0552. The van der Waals surface area contributed by atoms with E-state index >= 15 is 0 Å². The molecular weight excluding hydrogens is 576 g/mol. The number of nitrogens with one attached hydrogen (secondary N) is 1. The number of halogens is 6. The van der Waals surface area contributed by atoms with Crippen molar-refractivity contribution in [2.45, 2.75) is 44.3 Å². The minimum Gasteiger partial charge on any atom is -0.454 e. The van der Waals surface area contributed by atoms with Crippen LogP contribution in [0.25, 0.3) is 0 Å². The van der Waals surface area contributed by atoms with E-state index in [1.54, 1.807) is 18.2 Å². The first-order valence-corrected chi connectivity index (χ1v) is 13.3. The number of hydrogen-bond donors (Lipinski definition) is 1. The lowest BCUT2D eigenvalue weighted by Gasteiger charge is -2.28. The van der Waals surface area contributed by atoms with Gasteiger partial charge in [0.2, 0.25) is 12.7 Å². The molecule has 1 saturated carbocycles. The van der Waals surface area contributed by atoms with E-state index in [0.717, 1.165) is 15.3 Å². The SMILES string of the molecule is O=C(CN(C(=O)Nc1cc(C(F)(F)F)cc(C(F)(F)F)c1)C1CC1)N(Cc1ccc2c(c1)OCO2)Cc1cccs1. The first-order valence-electron chi connectivity index (χ1n) is 12.4. The highest BCUT2D eigenvalue weighted by atomic mass is 32.1. The molecule has 0 radical (unpaired) electrons. The molecule has 0 unspecified atom stereocenters. The molecule has 1 aliphatic heterocycles. The summed E-state index contributed by atoms with van der Waals surface area (Å²) in [5, 5.41) is 4.00. The topological polar surface area (TPSA) is 71.1 Å². The standard InChI is InChI=1S/C27H23F6N3O4S/c28-26(29,30)17-9-18(27(31,32)33)11-19(10-17)34-25(38)36(20-4-5-20)14-24(37)35(13-21-2-1-7-41-21)12-16-3-6-22-23(8-16)40-15-39-22/h1-3,6-11,20H,4-5,12-15H2,(H,34,38). The van der Waals surface area contributed by atoms with Crippen LogP contribution in [0.5, 0.6) is 11.5 Å². The molecule has 0 saturated heterocycles. The first kappa shape index (κ1) is 28.6. The van der Waals surface area contributed by atoms with E-state index in [0.29, 0.717) is 36.5 Å². The summed E-state index contributed by atoms with van der Waals surface area (Å²) in [6, 6.07) is 8.43. The number of fused-ring (bicyclic) bond motifs is 1. The van der Waals surface area contributed by atoms with Gasteiger partial charge in [0.25, 0.3) is 0 Å². The third-order valence-corrected chi connectivity index (χ3v) is 7.34. The Kier molecular flexibility index (Phi) is 7.77. The highest BCUT2D eigenvalue weighted by Gasteiger charge is 2.38. The fourth-order valence-corrected chi connectivity index (χ4v) is 5.02. The van der Waals surface area contributed by atoms with Gasteiger partial charge in [-0.15, -0.1) is 11.3 Å². The van der Waals surface area contributed by atoms with Crippen LogP contribution in [-0.4, -0.2) is 41.1 Å². The van der Waals surface area contributed by atoms with Crippen molar-refractivity contribution in [3.63, 3.8) is 0 Å². The van der Waals surface area contributed by atoms with Gasteiger partial charge in [0.05, 0.1) is 17.7 Å². The van der Waals surface area contributed by atoms with Gasteiger partial charge in [0.1, 0.15) is 6.54 Å². The van der Waals surface area contributed by atoms with Crippen LogP contribution < -0.4 is 14.8 Å². The third-order valence-electron chi connectivity index (χ3n) is 6.48. The molecule has 1 fully saturated rings. The summed E-state index contributed by atoms with van der Waals surface area (Å²) in [6.07, 6.45) is -9.04. The van der Waals surface area contributed by atoms with Crippen molar-refractivity contribution in [1.29, 1.82) is 0 Å². The zero-order valence-corrected chi connectivity index (χ0v) is 22.0. The van der Waals surface area contributed by atoms with Gasteiger partial charge in [-0.3, -0.25) is 4.79 Å². The number of amides is 3. The third kappa shape index (κ3) is 7.04. The van der Waals surface area contributed by atoms with Crippen LogP contribution in [0.2, 0.25) is 0 Å². The number of anilines is 1. The van der Waals surface area contributed by atoms with Gasteiger partial charge in [-0.2, -0.15) is 26.3 Å². The van der Waals surface area contributed by atoms with Gasteiger partial charge >= 0.3 is 18.4 Å². The molecule has 5 rings (SSSR count). The number of benzene rings is 2. The molecule has 0 spiro atoms. The molecule has 0 bridgehead atoms. The lowest BCUT2D eigenvalue weighted by atomic mass is 10.1. The molecule has 1 aliphatic carbocycles. The van der Waals surface area contributed by atoms with E-state index in [4.69, 9.17) is 9.47 Å². The lowest BCUT2D eigenvalue weighted by molar-refractivity contribution is -0.143. The van der Waals surface area contributed by atoms with Crippen LogP contribution in [-0.2, 0) is 30.2 Å². The van der Waals surface area contributed by atoms with Crippen molar-refractivity contribution in [3.8, 4) is 11.5 Å². The summed E-state index contributed by atoms with van der Waals surface area (Å²) in [5.74, 6) is 0.659. The maximum absolute atomic E-state index is 13.5. The van der Waals surface area contributed by atoms with Crippen LogP contribution in [0.4, 0.5) is 36.8 Å². The van der Waals surface area contributed by atoms with Gasteiger partial charge in [-0.1, -0.05) is 12.1 Å². The number of ether oxygens (including phenoxy) is 2. The average Bonchev–Trinajstić information content (AvgIpc) is 3.39. The van der Waals surface area contributed by atoms with Crippen molar-refractivity contribution in [1.82, 2.24) is 9.80 Å².